The largest absolute Gasteiger partial charge is 0.396 e. The molecular formula is C15H20O4. The van der Waals surface area contributed by atoms with Crippen LogP contribution in [-0.4, -0.2) is 36.6 Å². The molecule has 2 fully saturated rings. The number of ether oxygens (including phenoxy) is 2. The predicted molar refractivity (Wildman–Crippen MR) is 69.4 cm³/mol. The summed E-state index contributed by atoms with van der Waals surface area (Å²) in [7, 11) is 0. The molecule has 1 saturated carbocycles. The molecule has 1 aliphatic carbocycles. The first-order valence-electron chi connectivity index (χ1n) is 6.71. The lowest BCUT2D eigenvalue weighted by atomic mass is 9.53. The molecule has 2 N–H and O–H groups in total. The lowest BCUT2D eigenvalue weighted by Gasteiger charge is -2.56. The standard InChI is InChI=1S/C15H20O4/c16-8-14(9-17)6-15(7-14)10-18-13(19-11-15)12-4-2-1-3-5-12/h1-5,13,16-17H,6-11H2. The summed E-state index contributed by atoms with van der Waals surface area (Å²) in [6, 6.07) is 9.90. The SMILES string of the molecule is OCC1(CO)CC2(COC(c3ccccc3)OC2)C1. The van der Waals surface area contributed by atoms with E-state index in [1.165, 1.54) is 0 Å². The minimum absolute atomic E-state index is 0.0171. The zero-order valence-corrected chi connectivity index (χ0v) is 10.9. The highest BCUT2D eigenvalue weighted by Crippen LogP contribution is 2.56. The second-order valence-electron chi connectivity index (χ2n) is 6.03. The third-order valence-corrected chi connectivity index (χ3v) is 4.32. The van der Waals surface area contributed by atoms with E-state index in [1.54, 1.807) is 0 Å². The minimum Gasteiger partial charge on any atom is -0.396 e. The van der Waals surface area contributed by atoms with Crippen molar-refractivity contribution in [3.63, 3.8) is 0 Å². The van der Waals surface area contributed by atoms with Crippen LogP contribution in [-0.2, 0) is 9.47 Å². The Labute approximate surface area is 113 Å². The summed E-state index contributed by atoms with van der Waals surface area (Å²) < 4.78 is 11.6. The Morgan fingerprint density at radius 3 is 2.11 bits per heavy atom. The molecule has 1 aliphatic heterocycles. The van der Waals surface area contributed by atoms with E-state index in [0.29, 0.717) is 13.2 Å². The fourth-order valence-corrected chi connectivity index (χ4v) is 3.41. The average Bonchev–Trinajstić information content (AvgIpc) is 2.46. The van der Waals surface area contributed by atoms with Gasteiger partial charge in [0.25, 0.3) is 0 Å². The summed E-state index contributed by atoms with van der Waals surface area (Å²) in [6.07, 6.45) is 1.26. The van der Waals surface area contributed by atoms with Gasteiger partial charge in [-0.15, -0.1) is 0 Å². The van der Waals surface area contributed by atoms with Crippen LogP contribution in [0.25, 0.3) is 0 Å². The lowest BCUT2D eigenvalue weighted by molar-refractivity contribution is -0.279. The van der Waals surface area contributed by atoms with Crippen molar-refractivity contribution < 1.29 is 19.7 Å². The molecule has 1 aromatic carbocycles. The average molecular weight is 264 g/mol. The fourth-order valence-electron chi connectivity index (χ4n) is 3.41. The first kappa shape index (κ1) is 13.1. The van der Waals surface area contributed by atoms with Crippen LogP contribution in [0.2, 0.25) is 0 Å². The first-order chi connectivity index (χ1) is 9.21. The predicted octanol–water partition coefficient (Wildman–Crippen LogP) is 1.48. The van der Waals surface area contributed by atoms with Crippen LogP contribution in [0.15, 0.2) is 30.3 Å². The topological polar surface area (TPSA) is 58.9 Å². The van der Waals surface area contributed by atoms with Gasteiger partial charge in [0.1, 0.15) is 0 Å². The third kappa shape index (κ3) is 2.30. The monoisotopic (exact) mass is 264 g/mol. The molecule has 0 radical (unpaired) electrons. The van der Waals surface area contributed by atoms with E-state index >= 15 is 0 Å². The highest BCUT2D eigenvalue weighted by atomic mass is 16.7. The van der Waals surface area contributed by atoms with Gasteiger partial charge in [0.2, 0.25) is 0 Å². The van der Waals surface area contributed by atoms with E-state index in [1.807, 2.05) is 30.3 Å². The third-order valence-electron chi connectivity index (χ3n) is 4.32. The van der Waals surface area contributed by atoms with E-state index in [-0.39, 0.29) is 30.3 Å². The maximum atomic E-state index is 9.34. The van der Waals surface area contributed by atoms with Crippen LogP contribution in [0.4, 0.5) is 0 Å². The molecule has 0 amide bonds. The summed E-state index contributed by atoms with van der Waals surface area (Å²) in [6.45, 7) is 1.34. The van der Waals surface area contributed by atoms with Crippen LogP contribution in [0, 0.1) is 10.8 Å². The molecular weight excluding hydrogens is 244 g/mol. The number of aliphatic hydroxyl groups is 2. The van der Waals surface area contributed by atoms with E-state index in [0.717, 1.165) is 18.4 Å². The van der Waals surface area contributed by atoms with Crippen molar-refractivity contribution in [2.45, 2.75) is 19.1 Å². The minimum atomic E-state index is -0.327. The summed E-state index contributed by atoms with van der Waals surface area (Å²) in [5.41, 5.74) is 0.690. The number of benzene rings is 1. The van der Waals surface area contributed by atoms with Crippen molar-refractivity contribution in [1.29, 1.82) is 0 Å². The van der Waals surface area contributed by atoms with Gasteiger partial charge >= 0.3 is 0 Å². The quantitative estimate of drug-likeness (QED) is 0.868. The van der Waals surface area contributed by atoms with E-state index < -0.39 is 0 Å². The van der Waals surface area contributed by atoms with Crippen LogP contribution in [0.5, 0.6) is 0 Å². The maximum absolute atomic E-state index is 9.34. The molecule has 0 bridgehead atoms. The molecule has 1 spiro atoms. The Morgan fingerprint density at radius 1 is 1.00 bits per heavy atom. The molecule has 19 heavy (non-hydrogen) atoms. The van der Waals surface area contributed by atoms with Gasteiger partial charge in [-0.2, -0.15) is 0 Å². The number of rotatable bonds is 3. The summed E-state index contributed by atoms with van der Waals surface area (Å²) in [5, 5.41) is 18.7. The normalized spacial score (nSPS) is 25.2. The van der Waals surface area contributed by atoms with Crippen molar-refractivity contribution >= 4 is 0 Å². The first-order valence-corrected chi connectivity index (χ1v) is 6.71. The number of hydrogen-bond acceptors (Lipinski definition) is 4. The second-order valence-corrected chi connectivity index (χ2v) is 6.03. The molecule has 104 valence electrons. The summed E-state index contributed by atoms with van der Waals surface area (Å²) in [5.74, 6) is 0. The molecule has 1 aromatic rings. The summed E-state index contributed by atoms with van der Waals surface area (Å²) in [4.78, 5) is 0. The molecule has 1 saturated heterocycles. The van der Waals surface area contributed by atoms with E-state index in [4.69, 9.17) is 9.47 Å². The highest BCUT2D eigenvalue weighted by Gasteiger charge is 2.56. The van der Waals surface area contributed by atoms with Gasteiger partial charge in [0.15, 0.2) is 6.29 Å². The zero-order chi connectivity index (χ0) is 13.3. The Bertz CT molecular complexity index is 409. The molecule has 4 heteroatoms. The van der Waals surface area contributed by atoms with Gasteiger partial charge in [-0.25, -0.2) is 0 Å². The maximum Gasteiger partial charge on any atom is 0.183 e. The van der Waals surface area contributed by atoms with Crippen molar-refractivity contribution in [2.75, 3.05) is 26.4 Å². The molecule has 0 atom stereocenters. The van der Waals surface area contributed by atoms with Crippen LogP contribution in [0.3, 0.4) is 0 Å². The van der Waals surface area contributed by atoms with Crippen molar-refractivity contribution in [1.82, 2.24) is 0 Å². The number of aliphatic hydroxyl groups excluding tert-OH is 2. The Morgan fingerprint density at radius 2 is 1.58 bits per heavy atom. The lowest BCUT2D eigenvalue weighted by Crippen LogP contribution is -2.57. The van der Waals surface area contributed by atoms with Crippen molar-refractivity contribution in [3.05, 3.63) is 35.9 Å². The zero-order valence-electron chi connectivity index (χ0n) is 10.9. The molecule has 4 nitrogen and oxygen atoms in total. The summed E-state index contributed by atoms with van der Waals surface area (Å²) >= 11 is 0. The van der Waals surface area contributed by atoms with Gasteiger partial charge in [-0.3, -0.25) is 0 Å². The van der Waals surface area contributed by atoms with Gasteiger partial charge in [0, 0.05) is 16.4 Å². The Hall–Kier alpha value is -0.940. The smallest absolute Gasteiger partial charge is 0.183 e. The second kappa shape index (κ2) is 4.87. The van der Waals surface area contributed by atoms with Gasteiger partial charge in [0.05, 0.1) is 26.4 Å². The van der Waals surface area contributed by atoms with Crippen LogP contribution >= 0.6 is 0 Å². The Kier molecular flexibility index (Phi) is 3.35. The molecule has 3 rings (SSSR count). The fraction of sp³-hybridized carbons (Fsp3) is 0.600. The van der Waals surface area contributed by atoms with E-state index in [2.05, 4.69) is 0 Å². The molecule has 1 heterocycles. The van der Waals surface area contributed by atoms with Crippen molar-refractivity contribution in [3.8, 4) is 0 Å². The van der Waals surface area contributed by atoms with Gasteiger partial charge in [-0.05, 0) is 12.8 Å². The van der Waals surface area contributed by atoms with Gasteiger partial charge in [-0.1, -0.05) is 30.3 Å². The number of hydrogen-bond donors (Lipinski definition) is 2. The molecule has 2 aliphatic rings. The van der Waals surface area contributed by atoms with Crippen LogP contribution in [0.1, 0.15) is 24.7 Å². The van der Waals surface area contributed by atoms with Crippen molar-refractivity contribution in [2.24, 2.45) is 10.8 Å². The molecule has 0 unspecified atom stereocenters. The highest BCUT2D eigenvalue weighted by molar-refractivity contribution is 5.16. The molecule has 0 aromatic heterocycles. The van der Waals surface area contributed by atoms with E-state index in [9.17, 15) is 10.2 Å². The van der Waals surface area contributed by atoms with Gasteiger partial charge < -0.3 is 19.7 Å². The van der Waals surface area contributed by atoms with Crippen LogP contribution < -0.4 is 0 Å². The Balaban J connectivity index is 1.59.